The van der Waals surface area contributed by atoms with Gasteiger partial charge in [0.15, 0.2) is 5.84 Å². The molecule has 11 nitrogen and oxygen atoms in total. The topological polar surface area (TPSA) is 136 Å². The maximum atomic E-state index is 14.5. The van der Waals surface area contributed by atoms with Gasteiger partial charge < -0.3 is 25.1 Å². The molecule has 4 aromatic rings. The number of hydrogen-bond acceptors (Lipinski definition) is 9. The number of ether oxygens (including phenoxy) is 1. The van der Waals surface area contributed by atoms with E-state index in [0.29, 0.717) is 30.3 Å². The van der Waals surface area contributed by atoms with E-state index >= 15 is 0 Å². The number of nitrogens with zero attached hydrogens (tertiary/aromatic N) is 5. The Bertz CT molecular complexity index is 1910. The number of aliphatic hydroxyl groups excluding tert-OH is 1. The molecule has 2 aromatic heterocycles. The van der Waals surface area contributed by atoms with Crippen molar-refractivity contribution >= 4 is 11.6 Å². The van der Waals surface area contributed by atoms with Gasteiger partial charge in [0.25, 0.3) is 5.56 Å². The molecular formula is C36H42N6O5. The summed E-state index contributed by atoms with van der Waals surface area (Å²) >= 11 is 0. The van der Waals surface area contributed by atoms with E-state index in [1.54, 1.807) is 12.2 Å². The van der Waals surface area contributed by atoms with Crippen molar-refractivity contribution in [2.45, 2.75) is 102 Å². The molecule has 1 aliphatic heterocycles. The van der Waals surface area contributed by atoms with Crippen LogP contribution in [0.2, 0.25) is 0 Å². The number of fused-ring (bicyclic) bond motifs is 1. The van der Waals surface area contributed by atoms with Crippen molar-refractivity contribution in [2.24, 2.45) is 5.16 Å². The molecule has 2 aromatic carbocycles. The van der Waals surface area contributed by atoms with Crippen molar-refractivity contribution in [1.29, 1.82) is 0 Å². The highest BCUT2D eigenvalue weighted by Gasteiger charge is 2.43. The Labute approximate surface area is 273 Å². The van der Waals surface area contributed by atoms with Crippen molar-refractivity contribution in [3.05, 3.63) is 99.2 Å². The summed E-state index contributed by atoms with van der Waals surface area (Å²) in [6, 6.07) is 16.0. The average Bonchev–Trinajstić information content (AvgIpc) is 3.48. The molecule has 0 spiro atoms. The molecule has 0 amide bonds. The van der Waals surface area contributed by atoms with E-state index in [1.165, 1.54) is 0 Å². The van der Waals surface area contributed by atoms with Gasteiger partial charge in [-0.3, -0.25) is 9.36 Å². The summed E-state index contributed by atoms with van der Waals surface area (Å²) in [4.78, 5) is 24.2. The lowest BCUT2D eigenvalue weighted by molar-refractivity contribution is -0.138. The van der Waals surface area contributed by atoms with E-state index in [4.69, 9.17) is 19.7 Å². The number of amidine groups is 1. The Morgan fingerprint density at radius 3 is 2.45 bits per heavy atom. The largest absolute Gasteiger partial charge is 0.379 e. The molecule has 0 bridgehead atoms. The smallest absolute Gasteiger partial charge is 0.304 e. The first-order valence-corrected chi connectivity index (χ1v) is 16.5. The van der Waals surface area contributed by atoms with Crippen LogP contribution < -0.4 is 10.9 Å². The zero-order chi connectivity index (χ0) is 32.9. The van der Waals surface area contributed by atoms with Crippen molar-refractivity contribution < 1.29 is 19.8 Å². The Balaban J connectivity index is 1.19. The monoisotopic (exact) mass is 638 g/mol. The molecule has 2 atom stereocenters. The lowest BCUT2D eigenvalue weighted by atomic mass is 9.82. The molecule has 7 rings (SSSR count). The van der Waals surface area contributed by atoms with Gasteiger partial charge in [-0.25, -0.2) is 4.52 Å². The molecule has 11 heteroatoms. The van der Waals surface area contributed by atoms with Crippen LogP contribution in [0.5, 0.6) is 0 Å². The van der Waals surface area contributed by atoms with Crippen LogP contribution >= 0.6 is 0 Å². The van der Waals surface area contributed by atoms with Gasteiger partial charge in [0.2, 0.25) is 5.78 Å². The van der Waals surface area contributed by atoms with E-state index in [1.807, 2.05) is 59.3 Å². The lowest BCUT2D eigenvalue weighted by Crippen LogP contribution is -2.43. The van der Waals surface area contributed by atoms with Crippen LogP contribution in [-0.2, 0) is 22.4 Å². The molecule has 3 N–H and O–H groups in total. The third-order valence-corrected chi connectivity index (χ3v) is 9.81. The molecule has 0 radical (unpaired) electrons. The number of aryl methyl sites for hydroxylation is 2. The van der Waals surface area contributed by atoms with Gasteiger partial charge in [-0.1, -0.05) is 67.0 Å². The van der Waals surface area contributed by atoms with E-state index in [-0.39, 0.29) is 23.3 Å². The average molecular weight is 639 g/mol. The van der Waals surface area contributed by atoms with E-state index < -0.39 is 12.0 Å². The first-order valence-electron chi connectivity index (χ1n) is 16.5. The Kier molecular flexibility index (Phi) is 8.02. The van der Waals surface area contributed by atoms with Gasteiger partial charge in [-0.05, 0) is 81.7 Å². The van der Waals surface area contributed by atoms with E-state index in [9.17, 15) is 15.0 Å². The highest BCUT2D eigenvalue weighted by Crippen LogP contribution is 2.41. The molecule has 47 heavy (non-hydrogen) atoms. The first kappa shape index (κ1) is 31.3. The fourth-order valence-corrected chi connectivity index (χ4v) is 7.04. The highest BCUT2D eigenvalue weighted by atomic mass is 16.7. The quantitative estimate of drug-likeness (QED) is 0.216. The van der Waals surface area contributed by atoms with Crippen LogP contribution in [0.1, 0.15) is 87.1 Å². The van der Waals surface area contributed by atoms with Gasteiger partial charge in [0.1, 0.15) is 11.4 Å². The third-order valence-electron chi connectivity index (χ3n) is 9.81. The summed E-state index contributed by atoms with van der Waals surface area (Å²) in [6.45, 7) is 8.01. The maximum absolute atomic E-state index is 14.5. The molecule has 2 aliphatic carbocycles. The zero-order valence-electron chi connectivity index (χ0n) is 27.3. The molecule has 1 fully saturated rings. The summed E-state index contributed by atoms with van der Waals surface area (Å²) in [5.74, 6) is 1.71. The first-order chi connectivity index (χ1) is 22.6. The van der Waals surface area contributed by atoms with Crippen LogP contribution in [0.3, 0.4) is 0 Å². The summed E-state index contributed by atoms with van der Waals surface area (Å²) in [7, 11) is 0. The number of oxime groups is 1. The van der Waals surface area contributed by atoms with Crippen molar-refractivity contribution in [2.75, 3.05) is 0 Å². The predicted octanol–water partition coefficient (Wildman–Crippen LogP) is 4.55. The van der Waals surface area contributed by atoms with Crippen molar-refractivity contribution in [3.63, 3.8) is 0 Å². The van der Waals surface area contributed by atoms with Crippen molar-refractivity contribution in [3.8, 4) is 11.1 Å². The number of benzene rings is 2. The number of hydrogen-bond donors (Lipinski definition) is 3. The lowest BCUT2D eigenvalue weighted by Gasteiger charge is -2.40. The number of aliphatic hydroxyl groups is 2. The minimum absolute atomic E-state index is 0.00831. The Morgan fingerprint density at radius 2 is 1.81 bits per heavy atom. The van der Waals surface area contributed by atoms with Gasteiger partial charge in [-0.2, -0.15) is 10.1 Å². The van der Waals surface area contributed by atoms with E-state index in [0.717, 1.165) is 65.6 Å². The summed E-state index contributed by atoms with van der Waals surface area (Å²) in [5.41, 5.74) is 4.09. The van der Waals surface area contributed by atoms with Crippen LogP contribution in [0.25, 0.3) is 16.9 Å². The summed E-state index contributed by atoms with van der Waals surface area (Å²) in [6.07, 6.45) is 7.18. The zero-order valence-corrected chi connectivity index (χ0v) is 27.3. The molecule has 0 saturated heterocycles. The highest BCUT2D eigenvalue weighted by molar-refractivity contribution is 6.04. The second-order valence-corrected chi connectivity index (χ2v) is 13.3. The minimum Gasteiger partial charge on any atom is -0.379 e. The van der Waals surface area contributed by atoms with Gasteiger partial charge in [-0.15, -0.1) is 0 Å². The van der Waals surface area contributed by atoms with Gasteiger partial charge in [0, 0.05) is 23.6 Å². The fraction of sp³-hybridized carbons (Fsp3) is 0.444. The summed E-state index contributed by atoms with van der Waals surface area (Å²) < 4.78 is 10.2. The van der Waals surface area contributed by atoms with Crippen molar-refractivity contribution in [1.82, 2.24) is 24.5 Å². The second-order valence-electron chi connectivity index (χ2n) is 13.3. The molecule has 2 unspecified atom stereocenters. The van der Waals surface area contributed by atoms with Gasteiger partial charge >= 0.3 is 6.41 Å². The summed E-state index contributed by atoms with van der Waals surface area (Å²) in [5, 5.41) is 31.8. The number of rotatable bonds is 10. The Hall–Kier alpha value is -4.32. The third kappa shape index (κ3) is 5.99. The molecule has 3 heterocycles. The molecule has 246 valence electrons. The van der Waals surface area contributed by atoms with E-state index in [2.05, 4.69) is 36.5 Å². The van der Waals surface area contributed by atoms with Crippen LogP contribution in [-0.4, -0.2) is 58.9 Å². The van der Waals surface area contributed by atoms with Crippen LogP contribution in [0, 0.1) is 6.92 Å². The number of aromatic nitrogens is 4. The molecular weight excluding hydrogens is 596 g/mol. The fourth-order valence-electron chi connectivity index (χ4n) is 7.04. The predicted molar refractivity (Wildman–Crippen MR) is 178 cm³/mol. The molecule has 1 saturated carbocycles. The maximum Gasteiger partial charge on any atom is 0.304 e. The number of nitrogens with one attached hydrogen (secondary N) is 1. The minimum atomic E-state index is -1.17. The van der Waals surface area contributed by atoms with Gasteiger partial charge in [0.05, 0.1) is 17.4 Å². The van der Waals surface area contributed by atoms with Crippen LogP contribution in [0.4, 0.5) is 0 Å². The SMILES string of the molecule is CCCc1c(Cc2ccc(-c3ccccc3C3=NOC(O)N3)cc2)c(=O)n([C@H]2CC[C@](C)(OC(C)C3(O)C=C3)CC2)c2nc(C)nn12. The molecule has 3 aliphatic rings. The normalized spacial score (nSPS) is 23.7. The van der Waals surface area contributed by atoms with Crippen LogP contribution in [0.15, 0.2) is 70.6 Å². The Morgan fingerprint density at radius 1 is 1.11 bits per heavy atom. The second kappa shape index (κ2) is 12.0. The standard InChI is InChI=1S/C36H42N6O5/c1-5-8-30-29(21-24-11-13-25(14-12-24)27-9-6-7-10-28(27)31-38-34(44)47-40-31)32(43)41(33-37-23(3)39-42(30)33)26-15-17-35(4,18-16-26)46-22(2)36(45)19-20-36/h6-7,9-14,19-20,22,26,34,44-45H,5,8,15-18,21H2,1-4H3,(H,38,40)/t22?,26-,34?,35-.